The van der Waals surface area contributed by atoms with Gasteiger partial charge in [-0.05, 0) is 36.6 Å². The maximum Gasteiger partial charge on any atom is 0.0435 e. The van der Waals surface area contributed by atoms with Crippen LogP contribution in [0, 0.1) is 12.8 Å². The van der Waals surface area contributed by atoms with Crippen molar-refractivity contribution in [2.45, 2.75) is 40.2 Å². The van der Waals surface area contributed by atoms with Gasteiger partial charge in [0.2, 0.25) is 0 Å². The van der Waals surface area contributed by atoms with Gasteiger partial charge in [-0.3, -0.25) is 0 Å². The van der Waals surface area contributed by atoms with E-state index in [4.69, 9.17) is 11.6 Å². The molecule has 0 aliphatic heterocycles. The maximum atomic E-state index is 6.06. The normalized spacial score (nSPS) is 14.8. The molecule has 0 saturated heterocycles. The van der Waals surface area contributed by atoms with E-state index in [0.29, 0.717) is 12.0 Å². The number of halogens is 1. The Morgan fingerprint density at radius 1 is 1.31 bits per heavy atom. The lowest BCUT2D eigenvalue weighted by molar-refractivity contribution is 0.384. The summed E-state index contributed by atoms with van der Waals surface area (Å²) in [5, 5.41) is 4.40. The fraction of sp³-hybridized carbons (Fsp3) is 0.571. The van der Waals surface area contributed by atoms with Crippen LogP contribution in [0.5, 0.6) is 0 Å². The summed E-state index contributed by atoms with van der Waals surface area (Å²) < 4.78 is 0. The van der Waals surface area contributed by atoms with Crippen LogP contribution in [0.1, 0.15) is 44.4 Å². The number of benzene rings is 1. The van der Waals surface area contributed by atoms with Crippen molar-refractivity contribution >= 4 is 11.6 Å². The molecule has 0 amide bonds. The van der Waals surface area contributed by atoms with E-state index in [2.05, 4.69) is 45.1 Å². The van der Waals surface area contributed by atoms with Crippen molar-refractivity contribution in [3.05, 3.63) is 34.3 Å². The molecule has 1 nitrogen and oxygen atoms in total. The second-order valence-corrected chi connectivity index (χ2v) is 4.84. The van der Waals surface area contributed by atoms with Gasteiger partial charge in [-0.25, -0.2) is 0 Å². The molecule has 0 spiro atoms. The largest absolute Gasteiger partial charge is 0.310 e. The standard InChI is InChI=1S/C14H22ClN/c1-5-10(3)14(16-6-2)12-7-8-13(15)11(4)9-12/h7-10,14,16H,5-6H2,1-4H3. The topological polar surface area (TPSA) is 12.0 Å². The average Bonchev–Trinajstić information content (AvgIpc) is 2.29. The second-order valence-electron chi connectivity index (χ2n) is 4.43. The van der Waals surface area contributed by atoms with Crippen molar-refractivity contribution < 1.29 is 0 Å². The minimum absolute atomic E-state index is 0.436. The van der Waals surface area contributed by atoms with Gasteiger partial charge >= 0.3 is 0 Å². The minimum Gasteiger partial charge on any atom is -0.310 e. The Hall–Kier alpha value is -0.530. The molecule has 1 aromatic carbocycles. The van der Waals surface area contributed by atoms with Crippen LogP contribution < -0.4 is 5.32 Å². The number of rotatable bonds is 5. The molecule has 0 bridgehead atoms. The van der Waals surface area contributed by atoms with Gasteiger partial charge in [0.05, 0.1) is 0 Å². The van der Waals surface area contributed by atoms with E-state index in [9.17, 15) is 0 Å². The number of hydrogen-bond donors (Lipinski definition) is 1. The van der Waals surface area contributed by atoms with Crippen molar-refractivity contribution in [2.75, 3.05) is 6.54 Å². The predicted molar refractivity (Wildman–Crippen MR) is 72.1 cm³/mol. The molecule has 1 N–H and O–H groups in total. The highest BCUT2D eigenvalue weighted by Gasteiger charge is 2.17. The molecular weight excluding hydrogens is 218 g/mol. The van der Waals surface area contributed by atoms with Crippen LogP contribution in [-0.4, -0.2) is 6.54 Å². The second kappa shape index (κ2) is 6.27. The monoisotopic (exact) mass is 239 g/mol. The van der Waals surface area contributed by atoms with Crippen LogP contribution in [-0.2, 0) is 0 Å². The molecule has 0 heterocycles. The first kappa shape index (κ1) is 13.5. The van der Waals surface area contributed by atoms with Crippen molar-refractivity contribution in [1.82, 2.24) is 5.32 Å². The van der Waals surface area contributed by atoms with Gasteiger partial charge in [-0.15, -0.1) is 0 Å². The van der Waals surface area contributed by atoms with Gasteiger partial charge < -0.3 is 5.32 Å². The smallest absolute Gasteiger partial charge is 0.0435 e. The molecular formula is C14H22ClN. The Morgan fingerprint density at radius 2 is 2.00 bits per heavy atom. The predicted octanol–water partition coefficient (Wildman–Crippen LogP) is 4.35. The Labute approximate surface area is 104 Å². The molecule has 2 unspecified atom stereocenters. The van der Waals surface area contributed by atoms with Gasteiger partial charge in [0, 0.05) is 11.1 Å². The van der Waals surface area contributed by atoms with E-state index in [1.54, 1.807) is 0 Å². The molecule has 1 rings (SSSR count). The zero-order valence-electron chi connectivity index (χ0n) is 10.7. The molecule has 16 heavy (non-hydrogen) atoms. The molecule has 90 valence electrons. The minimum atomic E-state index is 0.436. The number of nitrogens with one attached hydrogen (secondary N) is 1. The summed E-state index contributed by atoms with van der Waals surface area (Å²) in [5.74, 6) is 0.639. The van der Waals surface area contributed by atoms with E-state index < -0.39 is 0 Å². The summed E-state index contributed by atoms with van der Waals surface area (Å²) in [6, 6.07) is 6.77. The molecule has 0 aromatic heterocycles. The molecule has 2 atom stereocenters. The van der Waals surface area contributed by atoms with E-state index in [-0.39, 0.29) is 0 Å². The van der Waals surface area contributed by atoms with E-state index in [1.165, 1.54) is 12.0 Å². The lowest BCUT2D eigenvalue weighted by atomic mass is 9.91. The van der Waals surface area contributed by atoms with E-state index in [0.717, 1.165) is 17.1 Å². The van der Waals surface area contributed by atoms with Gasteiger partial charge in [-0.2, -0.15) is 0 Å². The van der Waals surface area contributed by atoms with Crippen LogP contribution in [0.4, 0.5) is 0 Å². The fourth-order valence-corrected chi connectivity index (χ4v) is 2.08. The molecule has 1 aromatic rings. The van der Waals surface area contributed by atoms with Gasteiger partial charge in [0.25, 0.3) is 0 Å². The van der Waals surface area contributed by atoms with Crippen LogP contribution in [0.3, 0.4) is 0 Å². The fourth-order valence-electron chi connectivity index (χ4n) is 1.96. The van der Waals surface area contributed by atoms with Crippen LogP contribution in [0.15, 0.2) is 18.2 Å². The highest BCUT2D eigenvalue weighted by molar-refractivity contribution is 6.31. The summed E-state index contributed by atoms with van der Waals surface area (Å²) in [6.07, 6.45) is 1.18. The first-order chi connectivity index (χ1) is 7.60. The molecule has 0 aliphatic carbocycles. The first-order valence-corrected chi connectivity index (χ1v) is 6.47. The highest BCUT2D eigenvalue weighted by Crippen LogP contribution is 2.27. The maximum absolute atomic E-state index is 6.06. The zero-order chi connectivity index (χ0) is 12.1. The first-order valence-electron chi connectivity index (χ1n) is 6.09. The lowest BCUT2D eigenvalue weighted by Crippen LogP contribution is -2.26. The van der Waals surface area contributed by atoms with Gasteiger partial charge in [-0.1, -0.05) is 50.9 Å². The quantitative estimate of drug-likeness (QED) is 0.806. The lowest BCUT2D eigenvalue weighted by Gasteiger charge is -2.24. The van der Waals surface area contributed by atoms with Gasteiger partial charge in [0.1, 0.15) is 0 Å². The van der Waals surface area contributed by atoms with Crippen LogP contribution in [0.2, 0.25) is 5.02 Å². The number of aryl methyl sites for hydroxylation is 1. The van der Waals surface area contributed by atoms with Crippen molar-refractivity contribution in [3.8, 4) is 0 Å². The third-order valence-corrected chi connectivity index (χ3v) is 3.60. The highest BCUT2D eigenvalue weighted by atomic mass is 35.5. The molecule has 2 heteroatoms. The summed E-state index contributed by atoms with van der Waals surface area (Å²) in [6.45, 7) is 9.73. The van der Waals surface area contributed by atoms with Crippen LogP contribution >= 0.6 is 11.6 Å². The van der Waals surface area contributed by atoms with E-state index >= 15 is 0 Å². The Kier molecular flexibility index (Phi) is 5.30. The SMILES string of the molecule is CCNC(c1ccc(Cl)c(C)c1)C(C)CC. The molecule has 0 saturated carbocycles. The summed E-state index contributed by atoms with van der Waals surface area (Å²) in [4.78, 5) is 0. The third-order valence-electron chi connectivity index (χ3n) is 3.18. The molecule has 0 fully saturated rings. The number of hydrogen-bond acceptors (Lipinski definition) is 1. The zero-order valence-corrected chi connectivity index (χ0v) is 11.4. The Bertz CT molecular complexity index is 336. The average molecular weight is 240 g/mol. The van der Waals surface area contributed by atoms with Gasteiger partial charge in [0.15, 0.2) is 0 Å². The third kappa shape index (κ3) is 3.23. The van der Waals surface area contributed by atoms with Crippen LogP contribution in [0.25, 0.3) is 0 Å². The summed E-state index contributed by atoms with van der Waals surface area (Å²) in [5.41, 5.74) is 2.50. The molecule has 0 aliphatic rings. The summed E-state index contributed by atoms with van der Waals surface area (Å²) in [7, 11) is 0. The van der Waals surface area contributed by atoms with E-state index in [1.807, 2.05) is 6.07 Å². The molecule has 0 radical (unpaired) electrons. The Morgan fingerprint density at radius 3 is 2.50 bits per heavy atom. The van der Waals surface area contributed by atoms with Crippen molar-refractivity contribution in [1.29, 1.82) is 0 Å². The summed E-state index contributed by atoms with van der Waals surface area (Å²) >= 11 is 6.06. The Balaban J connectivity index is 2.96. The van der Waals surface area contributed by atoms with Crippen molar-refractivity contribution in [2.24, 2.45) is 5.92 Å². The van der Waals surface area contributed by atoms with Crippen molar-refractivity contribution in [3.63, 3.8) is 0 Å².